The van der Waals surface area contributed by atoms with Gasteiger partial charge in [0.2, 0.25) is 0 Å². The number of nitrogens with zero attached hydrogens (tertiary/aromatic N) is 1. The molecule has 1 amide bonds. The van der Waals surface area contributed by atoms with Crippen LogP contribution in [0, 0.1) is 0 Å². The lowest BCUT2D eigenvalue weighted by Gasteiger charge is -2.14. The van der Waals surface area contributed by atoms with Crippen molar-refractivity contribution in [2.24, 2.45) is 0 Å². The van der Waals surface area contributed by atoms with Gasteiger partial charge in [0, 0.05) is 19.0 Å². The number of ether oxygens (including phenoxy) is 2. The SMILES string of the molecule is COCCNC(=O)[C@@H](C)OC(=O)c1cc(-c2cccs2)nc2ccccc12. The van der Waals surface area contributed by atoms with Gasteiger partial charge in [-0.2, -0.15) is 0 Å². The number of aromatic nitrogens is 1. The molecule has 1 atom stereocenters. The van der Waals surface area contributed by atoms with Crippen LogP contribution in [-0.4, -0.2) is 43.2 Å². The van der Waals surface area contributed by atoms with Crippen molar-refractivity contribution >= 4 is 34.1 Å². The number of methoxy groups -OCH3 is 1. The number of rotatable bonds is 7. The summed E-state index contributed by atoms with van der Waals surface area (Å²) in [4.78, 5) is 30.4. The van der Waals surface area contributed by atoms with E-state index in [2.05, 4.69) is 10.3 Å². The summed E-state index contributed by atoms with van der Waals surface area (Å²) in [6, 6.07) is 13.0. The highest BCUT2D eigenvalue weighted by atomic mass is 32.1. The zero-order chi connectivity index (χ0) is 19.2. The number of hydrogen-bond donors (Lipinski definition) is 1. The summed E-state index contributed by atoms with van der Waals surface area (Å²) in [5.74, 6) is -0.918. The average molecular weight is 384 g/mol. The number of thiophene rings is 1. The number of benzene rings is 1. The topological polar surface area (TPSA) is 77.5 Å². The van der Waals surface area contributed by atoms with E-state index in [1.165, 1.54) is 0 Å². The van der Waals surface area contributed by atoms with Gasteiger partial charge >= 0.3 is 5.97 Å². The zero-order valence-corrected chi connectivity index (χ0v) is 15.9. The number of esters is 1. The fraction of sp³-hybridized carbons (Fsp3) is 0.250. The molecule has 0 radical (unpaired) electrons. The maximum absolute atomic E-state index is 12.8. The van der Waals surface area contributed by atoms with Crippen molar-refractivity contribution in [2.75, 3.05) is 20.3 Å². The van der Waals surface area contributed by atoms with Crippen molar-refractivity contribution in [3.8, 4) is 10.6 Å². The molecule has 2 aromatic heterocycles. The second kappa shape index (κ2) is 8.75. The highest BCUT2D eigenvalue weighted by Crippen LogP contribution is 2.28. The van der Waals surface area contributed by atoms with Gasteiger partial charge in [-0.3, -0.25) is 4.79 Å². The molecule has 27 heavy (non-hydrogen) atoms. The van der Waals surface area contributed by atoms with Crippen LogP contribution in [0.15, 0.2) is 47.8 Å². The number of para-hydroxylation sites is 1. The van der Waals surface area contributed by atoms with Gasteiger partial charge in [-0.05, 0) is 30.5 Å². The molecule has 140 valence electrons. The van der Waals surface area contributed by atoms with E-state index in [4.69, 9.17) is 9.47 Å². The third kappa shape index (κ3) is 4.50. The number of amides is 1. The van der Waals surface area contributed by atoms with E-state index in [0.29, 0.717) is 35.3 Å². The lowest BCUT2D eigenvalue weighted by molar-refractivity contribution is -0.129. The summed E-state index contributed by atoms with van der Waals surface area (Å²) in [5, 5.41) is 5.30. The van der Waals surface area contributed by atoms with E-state index in [1.54, 1.807) is 31.4 Å². The number of nitrogens with one attached hydrogen (secondary N) is 1. The van der Waals surface area contributed by atoms with Crippen LogP contribution < -0.4 is 5.32 Å². The lowest BCUT2D eigenvalue weighted by atomic mass is 10.1. The number of carbonyl (C=O) groups is 2. The molecule has 0 aliphatic rings. The predicted octanol–water partition coefficient (Wildman–Crippen LogP) is 3.27. The van der Waals surface area contributed by atoms with Crippen molar-refractivity contribution in [3.63, 3.8) is 0 Å². The Labute approximate surface area is 161 Å². The first-order valence-corrected chi connectivity index (χ1v) is 9.39. The van der Waals surface area contributed by atoms with Crippen molar-refractivity contribution in [1.82, 2.24) is 10.3 Å². The summed E-state index contributed by atoms with van der Waals surface area (Å²) >= 11 is 1.54. The van der Waals surface area contributed by atoms with E-state index < -0.39 is 12.1 Å². The Bertz CT molecular complexity index is 940. The van der Waals surface area contributed by atoms with Crippen LogP contribution in [-0.2, 0) is 14.3 Å². The summed E-state index contributed by atoms with van der Waals surface area (Å²) in [5.41, 5.74) is 1.79. The van der Waals surface area contributed by atoms with Crippen LogP contribution in [0.5, 0.6) is 0 Å². The number of hydrogen-bond acceptors (Lipinski definition) is 6. The molecular weight excluding hydrogens is 364 g/mol. The molecule has 0 saturated heterocycles. The Morgan fingerprint density at radius 1 is 1.22 bits per heavy atom. The van der Waals surface area contributed by atoms with Crippen LogP contribution >= 0.6 is 11.3 Å². The summed E-state index contributed by atoms with van der Waals surface area (Å²) in [7, 11) is 1.55. The van der Waals surface area contributed by atoms with Crippen molar-refractivity contribution < 1.29 is 19.1 Å². The minimum atomic E-state index is -0.911. The number of carbonyl (C=O) groups excluding carboxylic acids is 2. The molecule has 1 N–H and O–H groups in total. The van der Waals surface area contributed by atoms with Crippen molar-refractivity contribution in [1.29, 1.82) is 0 Å². The minimum absolute atomic E-state index is 0.359. The normalized spacial score (nSPS) is 11.9. The first-order valence-electron chi connectivity index (χ1n) is 8.51. The lowest BCUT2D eigenvalue weighted by Crippen LogP contribution is -2.37. The maximum atomic E-state index is 12.8. The molecule has 6 nitrogen and oxygen atoms in total. The first-order chi connectivity index (χ1) is 13.1. The molecule has 3 aromatic rings. The predicted molar refractivity (Wildman–Crippen MR) is 105 cm³/mol. The summed E-state index contributed by atoms with van der Waals surface area (Å²) in [6.45, 7) is 2.30. The Balaban J connectivity index is 1.86. The maximum Gasteiger partial charge on any atom is 0.339 e. The molecule has 2 heterocycles. The smallest absolute Gasteiger partial charge is 0.339 e. The first kappa shape index (κ1) is 19.0. The molecular formula is C20H20N2O4S. The van der Waals surface area contributed by atoms with Gasteiger partial charge in [-0.25, -0.2) is 9.78 Å². The molecule has 0 spiro atoms. The fourth-order valence-electron chi connectivity index (χ4n) is 2.59. The molecule has 0 bridgehead atoms. The quantitative estimate of drug-likeness (QED) is 0.500. The highest BCUT2D eigenvalue weighted by Gasteiger charge is 2.21. The monoisotopic (exact) mass is 384 g/mol. The van der Waals surface area contributed by atoms with E-state index in [-0.39, 0.29) is 5.91 Å². The van der Waals surface area contributed by atoms with Crippen LogP contribution in [0.3, 0.4) is 0 Å². The second-order valence-electron chi connectivity index (χ2n) is 5.88. The van der Waals surface area contributed by atoms with Gasteiger partial charge in [-0.15, -0.1) is 11.3 Å². The molecule has 3 rings (SSSR count). The largest absolute Gasteiger partial charge is 0.449 e. The number of fused-ring (bicyclic) bond motifs is 1. The van der Waals surface area contributed by atoms with E-state index >= 15 is 0 Å². The van der Waals surface area contributed by atoms with Crippen molar-refractivity contribution in [2.45, 2.75) is 13.0 Å². The average Bonchev–Trinajstić information content (AvgIpc) is 3.22. The van der Waals surface area contributed by atoms with Crippen LogP contribution in [0.2, 0.25) is 0 Å². The van der Waals surface area contributed by atoms with Crippen LogP contribution in [0.4, 0.5) is 0 Å². The summed E-state index contributed by atoms with van der Waals surface area (Å²) < 4.78 is 10.3. The highest BCUT2D eigenvalue weighted by molar-refractivity contribution is 7.13. The molecule has 7 heteroatoms. The fourth-order valence-corrected chi connectivity index (χ4v) is 3.28. The third-order valence-corrected chi connectivity index (χ3v) is 4.86. The number of pyridine rings is 1. The van der Waals surface area contributed by atoms with Gasteiger partial charge in [-0.1, -0.05) is 24.3 Å². The van der Waals surface area contributed by atoms with Crippen LogP contribution in [0.1, 0.15) is 17.3 Å². The minimum Gasteiger partial charge on any atom is -0.449 e. The molecule has 0 fully saturated rings. The van der Waals surface area contributed by atoms with Gasteiger partial charge in [0.05, 0.1) is 28.3 Å². The third-order valence-electron chi connectivity index (χ3n) is 3.97. The second-order valence-corrected chi connectivity index (χ2v) is 6.83. The van der Waals surface area contributed by atoms with E-state index in [9.17, 15) is 9.59 Å². The molecule has 0 aliphatic carbocycles. The molecule has 0 saturated carbocycles. The van der Waals surface area contributed by atoms with Gasteiger partial charge < -0.3 is 14.8 Å². The zero-order valence-electron chi connectivity index (χ0n) is 15.1. The van der Waals surface area contributed by atoms with Gasteiger partial charge in [0.15, 0.2) is 6.10 Å². The van der Waals surface area contributed by atoms with Crippen molar-refractivity contribution in [3.05, 3.63) is 53.4 Å². The van der Waals surface area contributed by atoms with Gasteiger partial charge in [0.1, 0.15) is 0 Å². The molecule has 0 aliphatic heterocycles. The Kier molecular flexibility index (Phi) is 6.16. The molecule has 1 aromatic carbocycles. The van der Waals surface area contributed by atoms with Crippen LogP contribution in [0.25, 0.3) is 21.5 Å². The summed E-state index contributed by atoms with van der Waals surface area (Å²) in [6.07, 6.45) is -0.911. The Hall–Kier alpha value is -2.77. The Morgan fingerprint density at radius 3 is 2.78 bits per heavy atom. The molecule has 0 unspecified atom stereocenters. The van der Waals surface area contributed by atoms with Gasteiger partial charge in [0.25, 0.3) is 5.91 Å². The van der Waals surface area contributed by atoms with E-state index in [1.807, 2.05) is 41.8 Å². The van der Waals surface area contributed by atoms with E-state index in [0.717, 1.165) is 4.88 Å². The Morgan fingerprint density at radius 2 is 2.04 bits per heavy atom. The standard InChI is InChI=1S/C20H20N2O4S/c1-13(19(23)21-9-10-25-2)26-20(24)15-12-17(18-8-5-11-27-18)22-16-7-4-3-6-14(15)16/h3-8,11-13H,9-10H2,1-2H3,(H,21,23)/t13-/m1/s1.